The van der Waals surface area contributed by atoms with Gasteiger partial charge >= 0.3 is 5.97 Å². The summed E-state index contributed by atoms with van der Waals surface area (Å²) in [6, 6.07) is 2.92. The number of carboxylic acid groups (broad SMARTS) is 1. The molecule has 0 amide bonds. The summed E-state index contributed by atoms with van der Waals surface area (Å²) in [4.78, 5) is 18.8. The van der Waals surface area contributed by atoms with Gasteiger partial charge in [-0.1, -0.05) is 5.16 Å². The van der Waals surface area contributed by atoms with Crippen LogP contribution in [0.1, 0.15) is 22.1 Å². The zero-order chi connectivity index (χ0) is 13.0. The lowest BCUT2D eigenvalue weighted by Crippen LogP contribution is -2.08. The molecule has 7 nitrogen and oxygen atoms in total. The van der Waals surface area contributed by atoms with Crippen LogP contribution >= 0.6 is 0 Å². The third-order valence-electron chi connectivity index (χ3n) is 2.23. The van der Waals surface area contributed by atoms with E-state index in [9.17, 15) is 4.79 Å². The molecule has 0 saturated heterocycles. The van der Waals surface area contributed by atoms with Gasteiger partial charge in [0.15, 0.2) is 5.82 Å². The van der Waals surface area contributed by atoms with Gasteiger partial charge in [-0.15, -0.1) is 0 Å². The van der Waals surface area contributed by atoms with Crippen LogP contribution in [0.2, 0.25) is 0 Å². The van der Waals surface area contributed by atoms with Gasteiger partial charge in [0, 0.05) is 26.1 Å². The molecule has 0 unspecified atom stereocenters. The first kappa shape index (κ1) is 12.0. The van der Waals surface area contributed by atoms with E-state index in [1.54, 1.807) is 6.92 Å². The number of hydrogen-bond donors (Lipinski definition) is 2. The first-order chi connectivity index (χ1) is 8.65. The molecule has 7 heteroatoms. The number of nitrogens with zero attached hydrogens (tertiary/aromatic N) is 3. The molecule has 0 spiro atoms. The van der Waals surface area contributed by atoms with E-state index in [-0.39, 0.29) is 5.56 Å². The molecule has 2 aromatic rings. The van der Waals surface area contributed by atoms with Crippen LogP contribution in [-0.4, -0.2) is 32.7 Å². The van der Waals surface area contributed by atoms with Crippen LogP contribution in [0.4, 0.5) is 5.82 Å². The average molecular weight is 248 g/mol. The number of aromatic carboxylic acids is 1. The SMILES string of the molecule is Cc1nc(CCNc2cc(C(=O)O)ccn2)no1. The van der Waals surface area contributed by atoms with E-state index in [2.05, 4.69) is 20.4 Å². The van der Waals surface area contributed by atoms with Gasteiger partial charge in [-0.25, -0.2) is 9.78 Å². The second-order valence-electron chi connectivity index (χ2n) is 3.64. The number of carboxylic acids is 1. The third-order valence-corrected chi connectivity index (χ3v) is 2.23. The highest BCUT2D eigenvalue weighted by atomic mass is 16.5. The van der Waals surface area contributed by atoms with E-state index in [4.69, 9.17) is 9.63 Å². The summed E-state index contributed by atoms with van der Waals surface area (Å²) in [6.45, 7) is 2.27. The molecule has 2 aromatic heterocycles. The lowest BCUT2D eigenvalue weighted by Gasteiger charge is -2.04. The summed E-state index contributed by atoms with van der Waals surface area (Å²) < 4.78 is 4.84. The third kappa shape index (κ3) is 3.03. The smallest absolute Gasteiger partial charge is 0.335 e. The molecule has 0 radical (unpaired) electrons. The fourth-order valence-corrected chi connectivity index (χ4v) is 1.41. The van der Waals surface area contributed by atoms with Gasteiger partial charge in [-0.3, -0.25) is 0 Å². The monoisotopic (exact) mass is 248 g/mol. The topological polar surface area (TPSA) is 101 Å². The van der Waals surface area contributed by atoms with Crippen LogP contribution in [-0.2, 0) is 6.42 Å². The second kappa shape index (κ2) is 5.26. The minimum Gasteiger partial charge on any atom is -0.478 e. The van der Waals surface area contributed by atoms with E-state index >= 15 is 0 Å². The Morgan fingerprint density at radius 2 is 2.39 bits per heavy atom. The first-order valence-corrected chi connectivity index (χ1v) is 5.37. The molecule has 0 aliphatic rings. The van der Waals surface area contributed by atoms with Crippen molar-refractivity contribution >= 4 is 11.8 Å². The Labute approximate surface area is 103 Å². The molecule has 0 fully saturated rings. The number of carbonyl (C=O) groups is 1. The molecule has 18 heavy (non-hydrogen) atoms. The Balaban J connectivity index is 1.90. The van der Waals surface area contributed by atoms with Crippen molar-refractivity contribution in [2.24, 2.45) is 0 Å². The molecular formula is C11H12N4O3. The Bertz CT molecular complexity index is 553. The summed E-state index contributed by atoms with van der Waals surface area (Å²) in [5.74, 6) is 0.662. The van der Waals surface area contributed by atoms with Gasteiger partial charge in [0.2, 0.25) is 5.89 Å². The van der Waals surface area contributed by atoms with Crippen molar-refractivity contribution in [3.8, 4) is 0 Å². The van der Waals surface area contributed by atoms with Crippen molar-refractivity contribution in [1.82, 2.24) is 15.1 Å². The van der Waals surface area contributed by atoms with E-state index in [0.29, 0.717) is 30.5 Å². The lowest BCUT2D eigenvalue weighted by atomic mass is 10.2. The van der Waals surface area contributed by atoms with Crippen LogP contribution in [0.15, 0.2) is 22.9 Å². The van der Waals surface area contributed by atoms with Crippen molar-refractivity contribution < 1.29 is 14.4 Å². The number of hydrogen-bond acceptors (Lipinski definition) is 6. The van der Waals surface area contributed by atoms with Crippen LogP contribution in [0.5, 0.6) is 0 Å². The Morgan fingerprint density at radius 1 is 1.56 bits per heavy atom. The number of pyridine rings is 1. The Hall–Kier alpha value is -2.44. The van der Waals surface area contributed by atoms with Gasteiger partial charge in [-0.05, 0) is 12.1 Å². The summed E-state index contributed by atoms with van der Waals surface area (Å²) >= 11 is 0. The number of aromatic nitrogens is 3. The van der Waals surface area contributed by atoms with Crippen molar-refractivity contribution in [3.05, 3.63) is 35.6 Å². The normalized spacial score (nSPS) is 10.3. The number of nitrogens with one attached hydrogen (secondary N) is 1. The van der Waals surface area contributed by atoms with E-state index in [1.165, 1.54) is 18.3 Å². The molecule has 0 aliphatic carbocycles. The van der Waals surface area contributed by atoms with Crippen molar-refractivity contribution in [2.75, 3.05) is 11.9 Å². The van der Waals surface area contributed by atoms with Crippen molar-refractivity contribution in [2.45, 2.75) is 13.3 Å². The summed E-state index contributed by atoms with van der Waals surface area (Å²) in [5.41, 5.74) is 0.197. The zero-order valence-electron chi connectivity index (χ0n) is 9.75. The summed E-state index contributed by atoms with van der Waals surface area (Å²) in [7, 11) is 0. The quantitative estimate of drug-likeness (QED) is 0.817. The maximum absolute atomic E-state index is 10.8. The maximum atomic E-state index is 10.8. The molecule has 0 saturated carbocycles. The minimum atomic E-state index is -0.978. The molecule has 2 rings (SSSR count). The van der Waals surface area contributed by atoms with Gasteiger partial charge in [0.1, 0.15) is 5.82 Å². The Morgan fingerprint density at radius 3 is 3.06 bits per heavy atom. The molecule has 0 aromatic carbocycles. The Kier molecular flexibility index (Phi) is 3.52. The van der Waals surface area contributed by atoms with Crippen molar-refractivity contribution in [3.63, 3.8) is 0 Å². The fraction of sp³-hybridized carbons (Fsp3) is 0.273. The lowest BCUT2D eigenvalue weighted by molar-refractivity contribution is 0.0697. The average Bonchev–Trinajstić information content (AvgIpc) is 2.75. The van der Waals surface area contributed by atoms with E-state index in [0.717, 1.165) is 0 Å². The molecule has 2 N–H and O–H groups in total. The van der Waals surface area contributed by atoms with E-state index in [1.807, 2.05) is 0 Å². The van der Waals surface area contributed by atoms with Gasteiger partial charge in [-0.2, -0.15) is 4.98 Å². The van der Waals surface area contributed by atoms with Crippen molar-refractivity contribution in [1.29, 1.82) is 0 Å². The summed E-state index contributed by atoms with van der Waals surface area (Å²) in [6.07, 6.45) is 2.03. The molecule has 0 atom stereocenters. The predicted octanol–water partition coefficient (Wildman–Crippen LogP) is 1.13. The highest BCUT2D eigenvalue weighted by Crippen LogP contribution is 2.06. The highest BCUT2D eigenvalue weighted by Gasteiger charge is 2.05. The zero-order valence-corrected chi connectivity index (χ0v) is 9.75. The second-order valence-corrected chi connectivity index (χ2v) is 3.64. The number of aryl methyl sites for hydroxylation is 1. The fourth-order valence-electron chi connectivity index (χ4n) is 1.41. The predicted molar refractivity (Wildman–Crippen MR) is 62.4 cm³/mol. The van der Waals surface area contributed by atoms with Gasteiger partial charge < -0.3 is 14.9 Å². The molecule has 0 aliphatic heterocycles. The maximum Gasteiger partial charge on any atom is 0.335 e. The molecular weight excluding hydrogens is 236 g/mol. The highest BCUT2D eigenvalue weighted by molar-refractivity contribution is 5.88. The standard InChI is InChI=1S/C11H12N4O3/c1-7-14-9(15-18-7)3-5-13-10-6-8(11(16)17)2-4-12-10/h2,4,6H,3,5H2,1H3,(H,12,13)(H,16,17). The molecule has 2 heterocycles. The van der Waals surface area contributed by atoms with Crippen LogP contribution in [0.3, 0.4) is 0 Å². The molecule has 0 bridgehead atoms. The summed E-state index contributed by atoms with van der Waals surface area (Å²) in [5, 5.41) is 15.6. The number of anilines is 1. The minimum absolute atomic E-state index is 0.197. The van der Waals surface area contributed by atoms with Crippen LogP contribution in [0, 0.1) is 6.92 Å². The molecule has 94 valence electrons. The van der Waals surface area contributed by atoms with Crippen LogP contribution in [0.25, 0.3) is 0 Å². The van der Waals surface area contributed by atoms with Crippen LogP contribution < -0.4 is 5.32 Å². The van der Waals surface area contributed by atoms with Gasteiger partial charge in [0.05, 0.1) is 5.56 Å². The van der Waals surface area contributed by atoms with E-state index < -0.39 is 5.97 Å². The largest absolute Gasteiger partial charge is 0.478 e. The van der Waals surface area contributed by atoms with Gasteiger partial charge in [0.25, 0.3) is 0 Å². The number of rotatable bonds is 5. The first-order valence-electron chi connectivity index (χ1n) is 5.37.